The van der Waals surface area contributed by atoms with Crippen molar-refractivity contribution in [3.63, 3.8) is 0 Å². The molecule has 150 valence electrons. The number of benzene rings is 1. The third kappa shape index (κ3) is 4.45. The number of likely N-dealkylation sites (tertiary alicyclic amines) is 1. The Labute approximate surface area is 169 Å². The molecular formula is C22H24FN5O. The number of rotatable bonds is 6. The van der Waals surface area contributed by atoms with Crippen LogP contribution in [0.15, 0.2) is 48.8 Å². The zero-order valence-electron chi connectivity index (χ0n) is 16.1. The van der Waals surface area contributed by atoms with Gasteiger partial charge in [-0.3, -0.25) is 9.89 Å². The van der Waals surface area contributed by atoms with Crippen LogP contribution in [0.3, 0.4) is 0 Å². The van der Waals surface area contributed by atoms with Crippen molar-refractivity contribution in [2.75, 3.05) is 18.8 Å². The van der Waals surface area contributed by atoms with Crippen molar-refractivity contribution >= 4 is 11.7 Å². The normalized spacial score (nSPS) is 16.3. The first kappa shape index (κ1) is 19.1. The van der Waals surface area contributed by atoms with Crippen molar-refractivity contribution in [2.45, 2.75) is 31.6 Å². The summed E-state index contributed by atoms with van der Waals surface area (Å²) in [6.07, 6.45) is 6.43. The van der Waals surface area contributed by atoms with Crippen LogP contribution in [0.4, 0.5) is 10.2 Å². The molecule has 2 aromatic heterocycles. The van der Waals surface area contributed by atoms with Crippen LogP contribution in [0.1, 0.15) is 36.4 Å². The predicted molar refractivity (Wildman–Crippen MR) is 110 cm³/mol. The number of nitrogen functional groups attached to an aromatic ring is 1. The number of aromatic nitrogens is 3. The third-order valence-electron chi connectivity index (χ3n) is 5.48. The van der Waals surface area contributed by atoms with Gasteiger partial charge in [-0.05, 0) is 54.7 Å². The molecule has 7 heteroatoms. The van der Waals surface area contributed by atoms with Crippen LogP contribution in [0.5, 0.6) is 0 Å². The van der Waals surface area contributed by atoms with E-state index >= 15 is 0 Å². The molecule has 4 rings (SSSR count). The summed E-state index contributed by atoms with van der Waals surface area (Å²) >= 11 is 0. The maximum absolute atomic E-state index is 13.0. The molecule has 6 nitrogen and oxygen atoms in total. The van der Waals surface area contributed by atoms with Crippen molar-refractivity contribution in [1.29, 1.82) is 0 Å². The molecule has 3 heterocycles. The highest BCUT2D eigenvalue weighted by atomic mass is 19.1. The summed E-state index contributed by atoms with van der Waals surface area (Å²) in [5, 5.41) is 7.33. The Kier molecular flexibility index (Phi) is 5.55. The van der Waals surface area contributed by atoms with E-state index in [1.54, 1.807) is 24.5 Å². The number of pyridine rings is 1. The number of halogens is 1. The number of H-pyrrole nitrogens is 1. The average Bonchev–Trinajstić information content (AvgIpc) is 3.39. The van der Waals surface area contributed by atoms with Crippen molar-refractivity contribution < 1.29 is 9.18 Å². The number of anilines is 1. The van der Waals surface area contributed by atoms with Gasteiger partial charge in [-0.25, -0.2) is 9.37 Å². The van der Waals surface area contributed by atoms with Gasteiger partial charge in [0.25, 0.3) is 0 Å². The van der Waals surface area contributed by atoms with E-state index < -0.39 is 0 Å². The number of nitrogens with two attached hydrogens (primary N) is 1. The van der Waals surface area contributed by atoms with Gasteiger partial charge in [-0.1, -0.05) is 12.1 Å². The van der Waals surface area contributed by atoms with Gasteiger partial charge in [0, 0.05) is 42.9 Å². The number of aromatic amines is 1. The lowest BCUT2D eigenvalue weighted by atomic mass is 9.97. The van der Waals surface area contributed by atoms with Crippen LogP contribution in [0, 0.1) is 5.82 Å². The lowest BCUT2D eigenvalue weighted by Crippen LogP contribution is -2.28. The number of amides is 1. The van der Waals surface area contributed by atoms with Gasteiger partial charge in [0.15, 0.2) is 0 Å². The number of nitrogens with one attached hydrogen (secondary N) is 1. The van der Waals surface area contributed by atoms with Crippen LogP contribution < -0.4 is 5.73 Å². The molecule has 0 bridgehead atoms. The summed E-state index contributed by atoms with van der Waals surface area (Å²) in [5.41, 5.74) is 9.89. The molecule has 3 aromatic rings. The van der Waals surface area contributed by atoms with Crippen molar-refractivity contribution in [3.05, 3.63) is 65.9 Å². The van der Waals surface area contributed by atoms with E-state index in [0.29, 0.717) is 18.8 Å². The Balaban J connectivity index is 1.34. The van der Waals surface area contributed by atoms with Gasteiger partial charge in [-0.2, -0.15) is 5.10 Å². The van der Waals surface area contributed by atoms with Crippen LogP contribution in [-0.4, -0.2) is 39.1 Å². The minimum atomic E-state index is -0.236. The Morgan fingerprint density at radius 2 is 2.10 bits per heavy atom. The fourth-order valence-corrected chi connectivity index (χ4v) is 3.93. The molecule has 3 N–H and O–H groups in total. The number of carbonyl (C=O) groups is 1. The second-order valence-electron chi connectivity index (χ2n) is 7.47. The van der Waals surface area contributed by atoms with Gasteiger partial charge >= 0.3 is 0 Å². The van der Waals surface area contributed by atoms with E-state index in [9.17, 15) is 9.18 Å². The highest BCUT2D eigenvalue weighted by Crippen LogP contribution is 2.33. The molecule has 1 aromatic carbocycles. The van der Waals surface area contributed by atoms with Crippen LogP contribution in [0.2, 0.25) is 0 Å². The van der Waals surface area contributed by atoms with Crippen LogP contribution in [-0.2, 0) is 11.2 Å². The topological polar surface area (TPSA) is 87.9 Å². The Bertz CT molecular complexity index is 985. The maximum atomic E-state index is 13.0. The molecule has 1 atom stereocenters. The second kappa shape index (κ2) is 8.43. The fourth-order valence-electron chi connectivity index (χ4n) is 3.93. The summed E-state index contributed by atoms with van der Waals surface area (Å²) in [7, 11) is 0. The number of nitrogens with zero attached hydrogens (tertiary/aromatic N) is 3. The largest absolute Gasteiger partial charge is 0.384 e. The van der Waals surface area contributed by atoms with Crippen molar-refractivity contribution in [3.8, 4) is 11.1 Å². The van der Waals surface area contributed by atoms with Crippen molar-refractivity contribution in [2.24, 2.45) is 0 Å². The molecule has 1 aliphatic heterocycles. The molecule has 0 aliphatic carbocycles. The summed E-state index contributed by atoms with van der Waals surface area (Å²) < 4.78 is 13.0. The van der Waals surface area contributed by atoms with Crippen LogP contribution >= 0.6 is 0 Å². The molecule has 29 heavy (non-hydrogen) atoms. The van der Waals surface area contributed by atoms with Gasteiger partial charge in [0.2, 0.25) is 5.91 Å². The zero-order valence-corrected chi connectivity index (χ0v) is 16.1. The third-order valence-corrected chi connectivity index (χ3v) is 5.48. The van der Waals surface area contributed by atoms with Gasteiger partial charge in [0.1, 0.15) is 11.6 Å². The maximum Gasteiger partial charge on any atom is 0.222 e. The number of carbonyl (C=O) groups excluding carboxylic acids is 1. The summed E-state index contributed by atoms with van der Waals surface area (Å²) in [4.78, 5) is 18.6. The average molecular weight is 393 g/mol. The summed E-state index contributed by atoms with van der Waals surface area (Å²) in [5.74, 6) is 0.631. The van der Waals surface area contributed by atoms with E-state index in [0.717, 1.165) is 48.2 Å². The number of hydrogen-bond acceptors (Lipinski definition) is 4. The molecule has 1 amide bonds. The molecule has 0 unspecified atom stereocenters. The molecule has 0 saturated carbocycles. The van der Waals surface area contributed by atoms with Crippen LogP contribution in [0.25, 0.3) is 11.1 Å². The summed E-state index contributed by atoms with van der Waals surface area (Å²) in [6.45, 7) is 1.43. The molecule has 0 spiro atoms. The molecule has 0 radical (unpaired) electrons. The fraction of sp³-hybridized carbons (Fsp3) is 0.318. The smallest absolute Gasteiger partial charge is 0.222 e. The second-order valence-corrected chi connectivity index (χ2v) is 7.47. The molecule has 1 aliphatic rings. The SMILES string of the molecule is Nc1cc(-c2cn[nH]c2[C@H]2CCN(C(=O)CCCc3ccc(F)cc3)C2)ccn1. The van der Waals surface area contributed by atoms with Gasteiger partial charge in [0.05, 0.1) is 6.20 Å². The highest BCUT2D eigenvalue weighted by Gasteiger charge is 2.29. The molecular weight excluding hydrogens is 369 g/mol. The quantitative estimate of drug-likeness (QED) is 0.671. The molecule has 1 saturated heterocycles. The lowest BCUT2D eigenvalue weighted by molar-refractivity contribution is -0.130. The summed E-state index contributed by atoms with van der Waals surface area (Å²) in [6, 6.07) is 10.2. The predicted octanol–water partition coefficient (Wildman–Crippen LogP) is 3.53. The standard InChI is InChI=1S/C22H24FN5O/c23-18-6-4-15(5-7-18)2-1-3-21(29)28-11-9-17(14-28)22-19(13-26-27-22)16-8-10-25-20(24)12-16/h4-8,10,12-13,17H,1-3,9,11,14H2,(H2,24,25)(H,26,27)/t17-/m0/s1. The Hall–Kier alpha value is -3.22. The zero-order chi connectivity index (χ0) is 20.2. The minimum absolute atomic E-state index is 0.170. The Morgan fingerprint density at radius 3 is 2.90 bits per heavy atom. The number of aryl methyl sites for hydroxylation is 1. The van der Waals surface area contributed by atoms with E-state index in [-0.39, 0.29) is 17.6 Å². The van der Waals surface area contributed by atoms with E-state index in [1.807, 2.05) is 17.0 Å². The monoisotopic (exact) mass is 393 g/mol. The Morgan fingerprint density at radius 1 is 1.28 bits per heavy atom. The molecule has 1 fully saturated rings. The first-order chi connectivity index (χ1) is 14.1. The minimum Gasteiger partial charge on any atom is -0.384 e. The first-order valence-corrected chi connectivity index (χ1v) is 9.87. The number of hydrogen-bond donors (Lipinski definition) is 2. The highest BCUT2D eigenvalue weighted by molar-refractivity contribution is 5.77. The van der Waals surface area contributed by atoms with E-state index in [1.165, 1.54) is 12.1 Å². The van der Waals surface area contributed by atoms with Gasteiger partial charge in [-0.15, -0.1) is 0 Å². The van der Waals surface area contributed by atoms with Gasteiger partial charge < -0.3 is 10.6 Å². The van der Waals surface area contributed by atoms with E-state index in [2.05, 4.69) is 15.2 Å². The first-order valence-electron chi connectivity index (χ1n) is 9.87. The lowest BCUT2D eigenvalue weighted by Gasteiger charge is -2.17. The van der Waals surface area contributed by atoms with E-state index in [4.69, 9.17) is 5.73 Å². The van der Waals surface area contributed by atoms with Crippen molar-refractivity contribution in [1.82, 2.24) is 20.1 Å².